The lowest BCUT2D eigenvalue weighted by Crippen LogP contribution is -2.48. The van der Waals surface area contributed by atoms with Crippen LogP contribution in [0.2, 0.25) is 0 Å². The number of ether oxygens (including phenoxy) is 1. The fourth-order valence-corrected chi connectivity index (χ4v) is 2.01. The van der Waals surface area contributed by atoms with Gasteiger partial charge in [0, 0.05) is 17.6 Å². The molecule has 1 amide bonds. The van der Waals surface area contributed by atoms with Crippen molar-refractivity contribution in [2.24, 2.45) is 0 Å². The van der Waals surface area contributed by atoms with Gasteiger partial charge in [0.25, 0.3) is 0 Å². The Morgan fingerprint density at radius 1 is 1.75 bits per heavy atom. The van der Waals surface area contributed by atoms with Crippen LogP contribution in [0.4, 0.5) is 5.13 Å². The van der Waals surface area contributed by atoms with Crippen LogP contribution in [-0.4, -0.2) is 36.7 Å². The van der Waals surface area contributed by atoms with Gasteiger partial charge in [-0.3, -0.25) is 4.79 Å². The van der Waals surface area contributed by atoms with E-state index in [1.807, 2.05) is 6.92 Å². The molecule has 1 aromatic rings. The number of nitrogens with one attached hydrogen (secondary N) is 2. The Bertz CT molecular complexity index is 352. The zero-order valence-corrected chi connectivity index (χ0v) is 10.5. The number of carbonyl (C=O) groups is 1. The molecule has 1 unspecified atom stereocenters. The highest BCUT2D eigenvalue weighted by Crippen LogP contribution is 2.16. The van der Waals surface area contributed by atoms with Gasteiger partial charge in [-0.2, -0.15) is 0 Å². The van der Waals surface area contributed by atoms with Crippen LogP contribution in [0.25, 0.3) is 0 Å². The van der Waals surface area contributed by atoms with Crippen LogP contribution in [0.15, 0.2) is 6.20 Å². The highest BCUT2D eigenvalue weighted by Gasteiger charge is 2.21. The lowest BCUT2D eigenvalue weighted by atomic mass is 10.2. The third kappa shape index (κ3) is 3.41. The van der Waals surface area contributed by atoms with Crippen LogP contribution in [0.1, 0.15) is 4.88 Å². The number of halogens is 1. The van der Waals surface area contributed by atoms with Crippen LogP contribution in [0.3, 0.4) is 0 Å². The summed E-state index contributed by atoms with van der Waals surface area (Å²) in [6.07, 6.45) is 1.74. The summed E-state index contributed by atoms with van der Waals surface area (Å²) in [6.45, 7) is 3.76. The highest BCUT2D eigenvalue weighted by molar-refractivity contribution is 7.15. The number of hydrogen-bond donors (Lipinski definition) is 2. The zero-order valence-electron chi connectivity index (χ0n) is 8.86. The van der Waals surface area contributed by atoms with Gasteiger partial charge in [-0.1, -0.05) is 0 Å². The average Bonchev–Trinajstić information content (AvgIpc) is 2.65. The molecule has 0 saturated carbocycles. The topological polar surface area (TPSA) is 63.2 Å². The fourth-order valence-electron chi connectivity index (χ4n) is 1.34. The summed E-state index contributed by atoms with van der Waals surface area (Å²) >= 11 is 1.47. The van der Waals surface area contributed by atoms with Gasteiger partial charge in [0.2, 0.25) is 5.91 Å². The molecule has 5 nitrogen and oxygen atoms in total. The number of anilines is 1. The van der Waals surface area contributed by atoms with Gasteiger partial charge in [0.1, 0.15) is 6.04 Å². The predicted octanol–water partition coefficient (Wildman–Crippen LogP) is 0.800. The van der Waals surface area contributed by atoms with Crippen LogP contribution in [0, 0.1) is 6.92 Å². The van der Waals surface area contributed by atoms with E-state index in [0.717, 1.165) is 11.4 Å². The summed E-state index contributed by atoms with van der Waals surface area (Å²) < 4.78 is 5.21. The van der Waals surface area contributed by atoms with Crippen LogP contribution in [-0.2, 0) is 9.53 Å². The SMILES string of the molecule is Cc1cnc(NC(=O)C2COCCN2)s1.Cl. The van der Waals surface area contributed by atoms with E-state index in [9.17, 15) is 4.79 Å². The zero-order chi connectivity index (χ0) is 10.7. The van der Waals surface area contributed by atoms with Crippen molar-refractivity contribution >= 4 is 34.8 Å². The number of amides is 1. The van der Waals surface area contributed by atoms with Crippen molar-refractivity contribution in [3.63, 3.8) is 0 Å². The van der Waals surface area contributed by atoms with Gasteiger partial charge in [-0.05, 0) is 6.92 Å². The first-order valence-corrected chi connectivity index (χ1v) is 5.62. The number of thiazole rings is 1. The molecule has 1 saturated heterocycles. The molecule has 1 atom stereocenters. The smallest absolute Gasteiger partial charge is 0.245 e. The maximum absolute atomic E-state index is 11.7. The van der Waals surface area contributed by atoms with Crippen LogP contribution < -0.4 is 10.6 Å². The minimum Gasteiger partial charge on any atom is -0.378 e. The number of morpholine rings is 1. The van der Waals surface area contributed by atoms with Gasteiger partial charge in [0.15, 0.2) is 5.13 Å². The second-order valence-electron chi connectivity index (χ2n) is 3.35. The van der Waals surface area contributed by atoms with Gasteiger partial charge >= 0.3 is 0 Å². The van der Waals surface area contributed by atoms with Crippen molar-refractivity contribution in [3.05, 3.63) is 11.1 Å². The first kappa shape index (κ1) is 13.4. The van der Waals surface area contributed by atoms with Crippen molar-refractivity contribution in [1.29, 1.82) is 0 Å². The second kappa shape index (κ2) is 6.15. The molecule has 0 bridgehead atoms. The molecule has 2 N–H and O–H groups in total. The molecular formula is C9H14ClN3O2S. The molecule has 1 aliphatic rings. The summed E-state index contributed by atoms with van der Waals surface area (Å²) in [7, 11) is 0. The molecule has 0 aromatic carbocycles. The van der Waals surface area contributed by atoms with Crippen molar-refractivity contribution in [2.75, 3.05) is 25.1 Å². The van der Waals surface area contributed by atoms with Crippen molar-refractivity contribution in [2.45, 2.75) is 13.0 Å². The molecule has 1 aromatic heterocycles. The van der Waals surface area contributed by atoms with Crippen LogP contribution >= 0.6 is 23.7 Å². The number of aryl methyl sites for hydroxylation is 1. The quantitative estimate of drug-likeness (QED) is 0.829. The molecular weight excluding hydrogens is 250 g/mol. The number of nitrogens with zero attached hydrogens (tertiary/aromatic N) is 1. The molecule has 0 aliphatic carbocycles. The number of carbonyl (C=O) groups excluding carboxylic acids is 1. The van der Waals surface area contributed by atoms with E-state index in [-0.39, 0.29) is 24.4 Å². The first-order chi connectivity index (χ1) is 7.25. The van der Waals surface area contributed by atoms with Gasteiger partial charge < -0.3 is 15.4 Å². The van der Waals surface area contributed by atoms with E-state index < -0.39 is 0 Å². The standard InChI is InChI=1S/C9H13N3O2S.ClH/c1-6-4-11-9(15-6)12-8(13)7-5-14-3-2-10-7;/h4,7,10H,2-3,5H2,1H3,(H,11,12,13);1H. The van der Waals surface area contributed by atoms with E-state index in [4.69, 9.17) is 4.74 Å². The normalized spacial score (nSPS) is 19.9. The van der Waals surface area contributed by atoms with Crippen LogP contribution in [0.5, 0.6) is 0 Å². The van der Waals surface area contributed by atoms with Crippen molar-refractivity contribution in [1.82, 2.24) is 10.3 Å². The van der Waals surface area contributed by atoms with E-state index in [1.165, 1.54) is 11.3 Å². The molecule has 1 fully saturated rings. The average molecular weight is 264 g/mol. The lowest BCUT2D eigenvalue weighted by Gasteiger charge is -2.22. The summed E-state index contributed by atoms with van der Waals surface area (Å²) in [6, 6.07) is -0.261. The number of aromatic nitrogens is 1. The number of hydrogen-bond acceptors (Lipinski definition) is 5. The van der Waals surface area contributed by atoms with E-state index in [0.29, 0.717) is 18.3 Å². The minimum atomic E-state index is -0.261. The monoisotopic (exact) mass is 263 g/mol. The fraction of sp³-hybridized carbons (Fsp3) is 0.556. The summed E-state index contributed by atoms with van der Waals surface area (Å²) in [5, 5.41) is 6.49. The third-order valence-corrected chi connectivity index (χ3v) is 2.92. The Morgan fingerprint density at radius 3 is 3.12 bits per heavy atom. The van der Waals surface area contributed by atoms with E-state index >= 15 is 0 Å². The number of rotatable bonds is 2. The van der Waals surface area contributed by atoms with E-state index in [2.05, 4.69) is 15.6 Å². The van der Waals surface area contributed by atoms with Gasteiger partial charge in [-0.15, -0.1) is 23.7 Å². The first-order valence-electron chi connectivity index (χ1n) is 4.80. The Hall–Kier alpha value is -0.690. The predicted molar refractivity (Wildman–Crippen MR) is 65.3 cm³/mol. The highest BCUT2D eigenvalue weighted by atomic mass is 35.5. The van der Waals surface area contributed by atoms with Gasteiger partial charge in [0.05, 0.1) is 13.2 Å². The molecule has 90 valence electrons. The van der Waals surface area contributed by atoms with Crippen molar-refractivity contribution in [3.8, 4) is 0 Å². The molecule has 1 aliphatic heterocycles. The largest absolute Gasteiger partial charge is 0.378 e. The maximum atomic E-state index is 11.7. The Kier molecular flexibility index (Phi) is 5.14. The molecule has 2 rings (SSSR count). The second-order valence-corrected chi connectivity index (χ2v) is 4.58. The third-order valence-electron chi connectivity index (χ3n) is 2.09. The molecule has 16 heavy (non-hydrogen) atoms. The molecule has 0 radical (unpaired) electrons. The Labute approximate surface area is 104 Å². The Morgan fingerprint density at radius 2 is 2.56 bits per heavy atom. The minimum absolute atomic E-state index is 0. The van der Waals surface area contributed by atoms with E-state index in [1.54, 1.807) is 6.20 Å². The lowest BCUT2D eigenvalue weighted by molar-refractivity contribution is -0.120. The van der Waals surface area contributed by atoms with Crippen molar-refractivity contribution < 1.29 is 9.53 Å². The summed E-state index contributed by atoms with van der Waals surface area (Å²) in [4.78, 5) is 16.8. The van der Waals surface area contributed by atoms with Gasteiger partial charge in [-0.25, -0.2) is 4.98 Å². The molecule has 2 heterocycles. The maximum Gasteiger partial charge on any atom is 0.245 e. The Balaban J connectivity index is 0.00000128. The molecule has 7 heteroatoms. The summed E-state index contributed by atoms with van der Waals surface area (Å²) in [5.41, 5.74) is 0. The molecule has 0 spiro atoms. The summed E-state index contributed by atoms with van der Waals surface area (Å²) in [5.74, 6) is -0.0796.